The molecule has 0 heterocycles. The van der Waals surface area contributed by atoms with Crippen LogP contribution in [0.4, 0.5) is 0 Å². The number of rotatable bonds is 8. The quantitative estimate of drug-likeness (QED) is 0.721. The van der Waals surface area contributed by atoms with Crippen molar-refractivity contribution in [3.8, 4) is 0 Å². The molecule has 0 spiro atoms. The second-order valence-electron chi connectivity index (χ2n) is 6.47. The van der Waals surface area contributed by atoms with Crippen LogP contribution < -0.4 is 5.73 Å². The summed E-state index contributed by atoms with van der Waals surface area (Å²) in [5.74, 6) is 0. The fourth-order valence-corrected chi connectivity index (χ4v) is 3.05. The van der Waals surface area contributed by atoms with Crippen LogP contribution in [0.2, 0.25) is 0 Å². The first-order valence-corrected chi connectivity index (χ1v) is 7.61. The molecule has 0 aliphatic heterocycles. The highest BCUT2D eigenvalue weighted by molar-refractivity contribution is 4.84. The third kappa shape index (κ3) is 5.68. The van der Waals surface area contributed by atoms with Crippen molar-refractivity contribution in [1.29, 1.82) is 0 Å². The largest absolute Gasteiger partial charge is 0.330 e. The molecule has 1 saturated carbocycles. The Bertz CT molecular complexity index is 210. The Morgan fingerprint density at radius 2 is 1.61 bits per heavy atom. The minimum atomic E-state index is 0.466. The smallest absolute Gasteiger partial charge is 0.000960 e. The van der Waals surface area contributed by atoms with Gasteiger partial charge in [0, 0.05) is 0 Å². The summed E-state index contributed by atoms with van der Waals surface area (Å²) in [6.07, 6.45) is 9.47. The summed E-state index contributed by atoms with van der Waals surface area (Å²) in [5.41, 5.74) is 6.51. The Balaban J connectivity index is 2.20. The van der Waals surface area contributed by atoms with Gasteiger partial charge in [0.2, 0.25) is 0 Å². The molecule has 0 saturated heterocycles. The van der Waals surface area contributed by atoms with E-state index in [4.69, 9.17) is 5.73 Å². The summed E-state index contributed by atoms with van der Waals surface area (Å²) in [6, 6.07) is 0. The minimum Gasteiger partial charge on any atom is -0.330 e. The second kappa shape index (κ2) is 8.13. The van der Waals surface area contributed by atoms with Crippen molar-refractivity contribution < 1.29 is 0 Å². The van der Waals surface area contributed by atoms with Gasteiger partial charge in [-0.2, -0.15) is 0 Å². The van der Waals surface area contributed by atoms with Gasteiger partial charge in [-0.3, -0.25) is 0 Å². The molecule has 18 heavy (non-hydrogen) atoms. The van der Waals surface area contributed by atoms with Crippen LogP contribution in [-0.2, 0) is 0 Å². The molecule has 1 aliphatic carbocycles. The normalized spacial score (nSPS) is 19.7. The van der Waals surface area contributed by atoms with Crippen LogP contribution in [0.25, 0.3) is 0 Å². The zero-order valence-electron chi connectivity index (χ0n) is 12.7. The van der Waals surface area contributed by atoms with Gasteiger partial charge in [0.25, 0.3) is 0 Å². The predicted molar refractivity (Wildman–Crippen MR) is 79.9 cm³/mol. The Morgan fingerprint density at radius 1 is 0.944 bits per heavy atom. The monoisotopic (exact) mass is 255 g/mol. The van der Waals surface area contributed by atoms with Gasteiger partial charge in [0.05, 0.1) is 0 Å². The molecule has 0 radical (unpaired) electrons. The van der Waals surface area contributed by atoms with Crippen molar-refractivity contribution in [3.63, 3.8) is 0 Å². The predicted octanol–water partition coefficient (Wildman–Crippen LogP) is 2.17. The van der Waals surface area contributed by atoms with E-state index in [1.165, 1.54) is 64.6 Å². The Hall–Kier alpha value is -0.120. The molecule has 0 bridgehead atoms. The summed E-state index contributed by atoms with van der Waals surface area (Å²) in [4.78, 5) is 4.74. The summed E-state index contributed by atoms with van der Waals surface area (Å²) < 4.78 is 0. The van der Waals surface area contributed by atoms with Crippen molar-refractivity contribution in [2.75, 3.05) is 47.3 Å². The fourth-order valence-electron chi connectivity index (χ4n) is 3.05. The molecule has 0 aromatic rings. The summed E-state index contributed by atoms with van der Waals surface area (Å²) in [6.45, 7) is 4.49. The SMILES string of the molecule is CN(C)CCCN(C)CCC1(CN)CCCCC1. The van der Waals surface area contributed by atoms with E-state index < -0.39 is 0 Å². The molecule has 3 heteroatoms. The molecule has 108 valence electrons. The third-order valence-electron chi connectivity index (χ3n) is 4.52. The lowest BCUT2D eigenvalue weighted by Gasteiger charge is -2.37. The van der Waals surface area contributed by atoms with E-state index in [1.54, 1.807) is 0 Å². The molecule has 0 amide bonds. The van der Waals surface area contributed by atoms with Gasteiger partial charge >= 0.3 is 0 Å². The zero-order chi connectivity index (χ0) is 13.4. The Morgan fingerprint density at radius 3 is 2.17 bits per heavy atom. The maximum absolute atomic E-state index is 6.04. The van der Waals surface area contributed by atoms with E-state index >= 15 is 0 Å². The van der Waals surface area contributed by atoms with Crippen molar-refractivity contribution in [3.05, 3.63) is 0 Å². The van der Waals surface area contributed by atoms with Crippen LogP contribution in [-0.4, -0.2) is 57.1 Å². The van der Waals surface area contributed by atoms with Crippen LogP contribution >= 0.6 is 0 Å². The van der Waals surface area contributed by atoms with E-state index in [1.807, 2.05) is 0 Å². The van der Waals surface area contributed by atoms with Crippen molar-refractivity contribution >= 4 is 0 Å². The second-order valence-corrected chi connectivity index (χ2v) is 6.47. The topological polar surface area (TPSA) is 32.5 Å². The van der Waals surface area contributed by atoms with Crippen molar-refractivity contribution in [2.45, 2.75) is 44.9 Å². The average molecular weight is 255 g/mol. The van der Waals surface area contributed by atoms with E-state index in [-0.39, 0.29) is 0 Å². The lowest BCUT2D eigenvalue weighted by atomic mass is 9.72. The van der Waals surface area contributed by atoms with E-state index in [9.17, 15) is 0 Å². The molecule has 3 nitrogen and oxygen atoms in total. The van der Waals surface area contributed by atoms with E-state index in [0.29, 0.717) is 5.41 Å². The Kier molecular flexibility index (Phi) is 7.20. The first-order valence-electron chi connectivity index (χ1n) is 7.61. The van der Waals surface area contributed by atoms with Crippen LogP contribution in [0.5, 0.6) is 0 Å². The Labute approximate surface area is 114 Å². The molecule has 1 fully saturated rings. The van der Waals surface area contributed by atoms with Gasteiger partial charge in [-0.05, 0) is 78.4 Å². The highest BCUT2D eigenvalue weighted by Crippen LogP contribution is 2.38. The summed E-state index contributed by atoms with van der Waals surface area (Å²) in [7, 11) is 6.54. The highest BCUT2D eigenvalue weighted by Gasteiger charge is 2.30. The first kappa shape index (κ1) is 15.9. The highest BCUT2D eigenvalue weighted by atomic mass is 15.1. The minimum absolute atomic E-state index is 0.466. The maximum Gasteiger partial charge on any atom is -0.000960 e. The standard InChI is InChI=1S/C15H33N3/c1-17(2)11-7-12-18(3)13-10-15(14-16)8-5-4-6-9-15/h4-14,16H2,1-3H3. The molecular weight excluding hydrogens is 222 g/mol. The van der Waals surface area contributed by atoms with Crippen LogP contribution in [0, 0.1) is 5.41 Å². The number of nitrogens with zero attached hydrogens (tertiary/aromatic N) is 2. The fraction of sp³-hybridized carbons (Fsp3) is 1.00. The van der Waals surface area contributed by atoms with Crippen LogP contribution in [0.3, 0.4) is 0 Å². The maximum atomic E-state index is 6.04. The van der Waals surface area contributed by atoms with Gasteiger partial charge < -0.3 is 15.5 Å². The molecule has 0 aromatic heterocycles. The van der Waals surface area contributed by atoms with E-state index in [0.717, 1.165) is 6.54 Å². The van der Waals surface area contributed by atoms with Gasteiger partial charge in [-0.15, -0.1) is 0 Å². The summed E-state index contributed by atoms with van der Waals surface area (Å²) in [5, 5.41) is 0. The molecular formula is C15H33N3. The van der Waals surface area contributed by atoms with Gasteiger partial charge in [-0.25, -0.2) is 0 Å². The molecule has 0 aromatic carbocycles. The molecule has 0 atom stereocenters. The van der Waals surface area contributed by atoms with Gasteiger partial charge in [0.15, 0.2) is 0 Å². The lowest BCUT2D eigenvalue weighted by molar-refractivity contribution is 0.155. The molecule has 0 unspecified atom stereocenters. The van der Waals surface area contributed by atoms with Crippen molar-refractivity contribution in [2.24, 2.45) is 11.1 Å². The molecule has 2 N–H and O–H groups in total. The van der Waals surface area contributed by atoms with Gasteiger partial charge in [0.1, 0.15) is 0 Å². The van der Waals surface area contributed by atoms with Gasteiger partial charge in [-0.1, -0.05) is 19.3 Å². The molecule has 1 aliphatic rings. The van der Waals surface area contributed by atoms with Crippen molar-refractivity contribution in [1.82, 2.24) is 9.80 Å². The number of nitrogens with two attached hydrogens (primary N) is 1. The number of hydrogen-bond donors (Lipinski definition) is 1. The van der Waals surface area contributed by atoms with Crippen LogP contribution in [0.1, 0.15) is 44.9 Å². The average Bonchev–Trinajstić information content (AvgIpc) is 2.37. The van der Waals surface area contributed by atoms with E-state index in [2.05, 4.69) is 30.9 Å². The number of hydrogen-bond acceptors (Lipinski definition) is 3. The third-order valence-corrected chi connectivity index (χ3v) is 4.52. The summed E-state index contributed by atoms with van der Waals surface area (Å²) >= 11 is 0. The lowest BCUT2D eigenvalue weighted by Crippen LogP contribution is -2.36. The van der Waals surface area contributed by atoms with Crippen LogP contribution in [0.15, 0.2) is 0 Å². The first-order chi connectivity index (χ1) is 8.58. The zero-order valence-corrected chi connectivity index (χ0v) is 12.7. The molecule has 1 rings (SSSR count).